The second kappa shape index (κ2) is 5.17. The fourth-order valence-electron chi connectivity index (χ4n) is 1.26. The van der Waals surface area contributed by atoms with Crippen LogP contribution in [0.4, 0.5) is 5.69 Å². The average Bonchev–Trinajstić information content (AvgIpc) is 2.26. The number of aldehydes is 1. The third-order valence-electron chi connectivity index (χ3n) is 1.88. The maximum atomic E-state index is 11.3. The summed E-state index contributed by atoms with van der Waals surface area (Å²) in [6, 6.07) is 9.19. The predicted molar refractivity (Wildman–Crippen MR) is 55.2 cm³/mol. The lowest BCUT2D eigenvalue weighted by atomic mass is 10.2. The predicted octanol–water partition coefficient (Wildman–Crippen LogP) is 1.63. The van der Waals surface area contributed by atoms with Crippen LogP contribution in [0.1, 0.15) is 13.3 Å². The Morgan fingerprint density at radius 1 is 1.36 bits per heavy atom. The summed E-state index contributed by atoms with van der Waals surface area (Å²) in [5, 5.41) is 0. The lowest BCUT2D eigenvalue weighted by Gasteiger charge is -2.19. The molecule has 0 aliphatic carbocycles. The van der Waals surface area contributed by atoms with Crippen molar-refractivity contribution in [2.24, 2.45) is 0 Å². The molecule has 0 saturated carbocycles. The molecule has 1 rings (SSSR count). The van der Waals surface area contributed by atoms with Crippen LogP contribution in [0.3, 0.4) is 0 Å². The first-order valence-corrected chi connectivity index (χ1v) is 4.61. The van der Waals surface area contributed by atoms with Crippen LogP contribution in [0.15, 0.2) is 30.3 Å². The van der Waals surface area contributed by atoms with Gasteiger partial charge in [0.2, 0.25) is 6.29 Å². The number of nitrogens with zero attached hydrogens (tertiary/aromatic N) is 1. The highest BCUT2D eigenvalue weighted by Gasteiger charge is 2.12. The lowest BCUT2D eigenvalue weighted by Crippen LogP contribution is -2.32. The Labute approximate surface area is 83.3 Å². The van der Waals surface area contributed by atoms with Crippen LogP contribution in [0.5, 0.6) is 0 Å². The van der Waals surface area contributed by atoms with Gasteiger partial charge in [-0.3, -0.25) is 9.59 Å². The summed E-state index contributed by atoms with van der Waals surface area (Å²) >= 11 is 0. The molecule has 0 N–H and O–H groups in total. The summed E-state index contributed by atoms with van der Waals surface area (Å²) in [7, 11) is 0. The zero-order chi connectivity index (χ0) is 10.4. The molecular weight excluding hydrogens is 178 g/mol. The van der Waals surface area contributed by atoms with Gasteiger partial charge in [-0.05, 0) is 18.6 Å². The van der Waals surface area contributed by atoms with Crippen LogP contribution in [0.2, 0.25) is 0 Å². The number of rotatable bonds is 4. The molecule has 0 aromatic heterocycles. The summed E-state index contributed by atoms with van der Waals surface area (Å²) in [6.45, 7) is 2.54. The van der Waals surface area contributed by atoms with Crippen LogP contribution in [0, 0.1) is 0 Å². The fraction of sp³-hybridized carbons (Fsp3) is 0.273. The van der Waals surface area contributed by atoms with Crippen molar-refractivity contribution >= 4 is 17.9 Å². The maximum Gasteiger partial charge on any atom is 0.291 e. The molecule has 3 nitrogen and oxygen atoms in total. The normalized spacial score (nSPS) is 9.50. The Bertz CT molecular complexity index is 308. The number of para-hydroxylation sites is 1. The Balaban J connectivity index is 2.88. The second-order valence-corrected chi connectivity index (χ2v) is 2.94. The van der Waals surface area contributed by atoms with Gasteiger partial charge in [-0.1, -0.05) is 25.1 Å². The Kier molecular flexibility index (Phi) is 3.85. The van der Waals surface area contributed by atoms with Gasteiger partial charge in [-0.2, -0.15) is 0 Å². The van der Waals surface area contributed by atoms with Crippen LogP contribution >= 0.6 is 0 Å². The number of hydrogen-bond donors (Lipinski definition) is 0. The first-order valence-electron chi connectivity index (χ1n) is 4.61. The maximum absolute atomic E-state index is 11.3. The number of amides is 1. The molecular formula is C11H13NO2. The van der Waals surface area contributed by atoms with Crippen molar-refractivity contribution in [3.8, 4) is 0 Å². The van der Waals surface area contributed by atoms with E-state index in [0.717, 1.165) is 12.1 Å². The monoisotopic (exact) mass is 191 g/mol. The summed E-state index contributed by atoms with van der Waals surface area (Å²) in [5.74, 6) is -0.488. The topological polar surface area (TPSA) is 37.4 Å². The van der Waals surface area contributed by atoms with E-state index in [-0.39, 0.29) is 0 Å². The highest BCUT2D eigenvalue weighted by Crippen LogP contribution is 2.12. The molecule has 1 amide bonds. The molecule has 1 aromatic rings. The van der Waals surface area contributed by atoms with E-state index in [4.69, 9.17) is 0 Å². The Morgan fingerprint density at radius 3 is 2.50 bits per heavy atom. The molecule has 0 aliphatic heterocycles. The first-order chi connectivity index (χ1) is 6.79. The standard InChI is InChI=1S/C11H13NO2/c1-2-8-12(11(14)9-13)10-6-4-3-5-7-10/h3-7,9H,2,8H2,1H3. The van der Waals surface area contributed by atoms with Crippen LogP contribution in [-0.4, -0.2) is 18.7 Å². The van der Waals surface area contributed by atoms with E-state index in [2.05, 4.69) is 0 Å². The highest BCUT2D eigenvalue weighted by atomic mass is 16.2. The summed E-state index contributed by atoms with van der Waals surface area (Å²) < 4.78 is 0. The van der Waals surface area contributed by atoms with Gasteiger partial charge in [-0.25, -0.2) is 0 Å². The third-order valence-corrected chi connectivity index (χ3v) is 1.88. The summed E-state index contributed by atoms with van der Waals surface area (Å²) in [4.78, 5) is 23.1. The van der Waals surface area contributed by atoms with Crippen molar-refractivity contribution in [3.05, 3.63) is 30.3 Å². The van der Waals surface area contributed by atoms with Gasteiger partial charge >= 0.3 is 0 Å². The molecule has 0 fully saturated rings. The van der Waals surface area contributed by atoms with Gasteiger partial charge in [-0.15, -0.1) is 0 Å². The van der Waals surface area contributed by atoms with Crippen molar-refractivity contribution in [2.75, 3.05) is 11.4 Å². The lowest BCUT2D eigenvalue weighted by molar-refractivity contribution is -0.129. The smallest absolute Gasteiger partial charge is 0.291 e. The molecule has 74 valence electrons. The number of carbonyl (C=O) groups is 2. The molecule has 1 aromatic carbocycles. The largest absolute Gasteiger partial charge is 0.306 e. The number of anilines is 1. The molecule has 0 spiro atoms. The van der Waals surface area contributed by atoms with E-state index >= 15 is 0 Å². The molecule has 14 heavy (non-hydrogen) atoms. The molecule has 0 unspecified atom stereocenters. The Morgan fingerprint density at radius 2 is 2.00 bits per heavy atom. The van der Waals surface area contributed by atoms with Crippen LogP contribution in [0.25, 0.3) is 0 Å². The van der Waals surface area contributed by atoms with E-state index < -0.39 is 5.91 Å². The minimum Gasteiger partial charge on any atom is -0.306 e. The van der Waals surface area contributed by atoms with Crippen molar-refractivity contribution in [1.29, 1.82) is 0 Å². The average molecular weight is 191 g/mol. The van der Waals surface area contributed by atoms with Crippen molar-refractivity contribution in [1.82, 2.24) is 0 Å². The zero-order valence-corrected chi connectivity index (χ0v) is 8.14. The SMILES string of the molecule is CCCN(C(=O)C=O)c1ccccc1. The van der Waals surface area contributed by atoms with Crippen LogP contribution < -0.4 is 4.90 Å². The zero-order valence-electron chi connectivity index (χ0n) is 8.14. The van der Waals surface area contributed by atoms with E-state index in [1.165, 1.54) is 4.90 Å². The molecule has 0 heterocycles. The summed E-state index contributed by atoms with van der Waals surface area (Å²) in [5.41, 5.74) is 0.770. The van der Waals surface area contributed by atoms with Gasteiger partial charge in [0.25, 0.3) is 5.91 Å². The second-order valence-electron chi connectivity index (χ2n) is 2.94. The van der Waals surface area contributed by atoms with Gasteiger partial charge in [0.1, 0.15) is 0 Å². The number of hydrogen-bond acceptors (Lipinski definition) is 2. The van der Waals surface area contributed by atoms with Crippen molar-refractivity contribution < 1.29 is 9.59 Å². The van der Waals surface area contributed by atoms with Crippen LogP contribution in [-0.2, 0) is 9.59 Å². The highest BCUT2D eigenvalue weighted by molar-refractivity contribution is 6.30. The summed E-state index contributed by atoms with van der Waals surface area (Å²) in [6.07, 6.45) is 1.18. The molecule has 0 saturated heterocycles. The quantitative estimate of drug-likeness (QED) is 0.535. The van der Waals surface area contributed by atoms with Gasteiger partial charge in [0.05, 0.1) is 0 Å². The Hall–Kier alpha value is -1.64. The van der Waals surface area contributed by atoms with Gasteiger partial charge in [0, 0.05) is 12.2 Å². The first kappa shape index (κ1) is 10.4. The van der Waals surface area contributed by atoms with Gasteiger partial charge in [0.15, 0.2) is 0 Å². The van der Waals surface area contributed by atoms with Gasteiger partial charge < -0.3 is 4.90 Å². The number of carbonyl (C=O) groups excluding carboxylic acids is 2. The van der Waals surface area contributed by atoms with Crippen molar-refractivity contribution in [3.63, 3.8) is 0 Å². The fourth-order valence-corrected chi connectivity index (χ4v) is 1.26. The minimum absolute atomic E-state index is 0.350. The number of benzene rings is 1. The van der Waals surface area contributed by atoms with E-state index in [1.807, 2.05) is 37.3 Å². The van der Waals surface area contributed by atoms with E-state index in [0.29, 0.717) is 12.8 Å². The van der Waals surface area contributed by atoms with Crippen molar-refractivity contribution in [2.45, 2.75) is 13.3 Å². The molecule has 0 bridgehead atoms. The third kappa shape index (κ3) is 2.42. The molecule has 0 aliphatic rings. The molecule has 0 atom stereocenters. The van der Waals surface area contributed by atoms with E-state index in [9.17, 15) is 9.59 Å². The molecule has 0 radical (unpaired) electrons. The molecule has 3 heteroatoms. The minimum atomic E-state index is -0.488. The van der Waals surface area contributed by atoms with E-state index in [1.54, 1.807) is 0 Å².